The van der Waals surface area contributed by atoms with Crippen LogP contribution in [0.25, 0.3) is 21.8 Å². The number of carbonyl (C=O) groups excluding carboxylic acids is 1. The van der Waals surface area contributed by atoms with Crippen molar-refractivity contribution in [3.05, 3.63) is 36.2 Å². The van der Waals surface area contributed by atoms with E-state index in [1.54, 1.807) is 12.3 Å². The number of fused-ring (bicyclic) bond motifs is 3. The van der Waals surface area contributed by atoms with Crippen molar-refractivity contribution in [3.63, 3.8) is 0 Å². The molecule has 0 aliphatic rings. The van der Waals surface area contributed by atoms with E-state index in [1.165, 1.54) is 13.3 Å². The minimum atomic E-state index is -0.415. The van der Waals surface area contributed by atoms with E-state index in [2.05, 4.69) is 4.98 Å². The average Bonchev–Trinajstić information content (AvgIpc) is 2.81. The number of benzene rings is 1. The van der Waals surface area contributed by atoms with Crippen LogP contribution in [-0.2, 0) is 11.3 Å². The lowest BCUT2D eigenvalue weighted by Crippen LogP contribution is -2.01. The maximum Gasteiger partial charge on any atom is 0.338 e. The van der Waals surface area contributed by atoms with Crippen LogP contribution >= 0.6 is 0 Å². The Bertz CT molecular complexity index is 821. The maximum absolute atomic E-state index is 12.0. The minimum absolute atomic E-state index is 0.0658. The molecule has 2 aromatic heterocycles. The molecule has 0 saturated heterocycles. The zero-order chi connectivity index (χ0) is 14.3. The molecule has 0 fully saturated rings. The molecule has 5 heteroatoms. The molecular weight excluding hydrogens is 256 g/mol. The summed E-state index contributed by atoms with van der Waals surface area (Å²) in [6.07, 6.45) is 3.08. The van der Waals surface area contributed by atoms with Gasteiger partial charge in [-0.15, -0.1) is 0 Å². The van der Waals surface area contributed by atoms with Gasteiger partial charge >= 0.3 is 5.97 Å². The van der Waals surface area contributed by atoms with Gasteiger partial charge in [-0.2, -0.15) is 0 Å². The highest BCUT2D eigenvalue weighted by Gasteiger charge is 2.19. The van der Waals surface area contributed by atoms with E-state index in [4.69, 9.17) is 4.74 Å². The van der Waals surface area contributed by atoms with Crippen molar-refractivity contribution in [2.24, 2.45) is 0 Å². The molecule has 0 spiro atoms. The van der Waals surface area contributed by atoms with Crippen molar-refractivity contribution in [2.45, 2.75) is 13.5 Å². The third-order valence-corrected chi connectivity index (χ3v) is 3.50. The maximum atomic E-state index is 12.0. The minimum Gasteiger partial charge on any atom is -0.506 e. The monoisotopic (exact) mass is 270 g/mol. The molecule has 0 saturated carbocycles. The van der Waals surface area contributed by atoms with Crippen LogP contribution in [0.3, 0.4) is 0 Å². The molecule has 3 rings (SSSR count). The van der Waals surface area contributed by atoms with Crippen LogP contribution in [0.5, 0.6) is 5.75 Å². The fraction of sp³-hybridized carbons (Fsp3) is 0.200. The Labute approximate surface area is 115 Å². The molecule has 0 aliphatic carbocycles. The van der Waals surface area contributed by atoms with Crippen LogP contribution in [0.1, 0.15) is 17.3 Å². The second kappa shape index (κ2) is 4.52. The Morgan fingerprint density at radius 2 is 2.10 bits per heavy atom. The third kappa shape index (κ3) is 1.56. The lowest BCUT2D eigenvalue weighted by molar-refractivity contribution is 0.0603. The van der Waals surface area contributed by atoms with Crippen LogP contribution < -0.4 is 0 Å². The predicted octanol–water partition coefficient (Wildman–Crippen LogP) is 2.70. The lowest BCUT2D eigenvalue weighted by Gasteiger charge is -2.04. The van der Waals surface area contributed by atoms with E-state index in [0.717, 1.165) is 17.6 Å². The summed E-state index contributed by atoms with van der Waals surface area (Å²) < 4.78 is 6.85. The summed E-state index contributed by atoms with van der Waals surface area (Å²) in [5.74, 6) is -0.349. The number of rotatable bonds is 2. The fourth-order valence-electron chi connectivity index (χ4n) is 2.68. The number of aromatic hydroxyl groups is 1. The highest BCUT2D eigenvalue weighted by Crippen LogP contribution is 2.36. The van der Waals surface area contributed by atoms with Crippen molar-refractivity contribution >= 4 is 27.8 Å². The van der Waals surface area contributed by atoms with Crippen LogP contribution in [0.15, 0.2) is 30.6 Å². The Morgan fingerprint density at radius 1 is 1.30 bits per heavy atom. The number of hydrogen-bond acceptors (Lipinski definition) is 4. The van der Waals surface area contributed by atoms with Crippen LogP contribution in [0, 0.1) is 0 Å². The third-order valence-electron chi connectivity index (χ3n) is 3.50. The molecule has 3 aromatic rings. The Morgan fingerprint density at radius 3 is 2.80 bits per heavy atom. The first-order valence-electron chi connectivity index (χ1n) is 6.35. The second-order valence-corrected chi connectivity index (χ2v) is 4.49. The van der Waals surface area contributed by atoms with Crippen molar-refractivity contribution in [3.8, 4) is 5.75 Å². The molecule has 0 amide bonds. The summed E-state index contributed by atoms with van der Waals surface area (Å²) >= 11 is 0. The molecular formula is C15H14N2O3. The zero-order valence-corrected chi connectivity index (χ0v) is 11.3. The summed E-state index contributed by atoms with van der Waals surface area (Å²) in [6.45, 7) is 2.73. The smallest absolute Gasteiger partial charge is 0.338 e. The summed E-state index contributed by atoms with van der Waals surface area (Å²) in [4.78, 5) is 16.0. The van der Waals surface area contributed by atoms with Gasteiger partial charge in [-0.1, -0.05) is 6.07 Å². The molecule has 0 radical (unpaired) electrons. The van der Waals surface area contributed by atoms with Gasteiger partial charge in [0.05, 0.1) is 41.5 Å². The molecule has 0 unspecified atom stereocenters. The SMILES string of the molecule is CCn1c2cncc(O)c2c2c(C(=O)OC)cccc21. The van der Waals surface area contributed by atoms with Crippen molar-refractivity contribution < 1.29 is 14.6 Å². The first kappa shape index (κ1) is 12.5. The number of carbonyl (C=O) groups is 1. The molecule has 0 aliphatic heterocycles. The van der Waals surface area contributed by atoms with Crippen molar-refractivity contribution in [2.75, 3.05) is 7.11 Å². The fourth-order valence-corrected chi connectivity index (χ4v) is 2.68. The Balaban J connectivity index is 2.58. The summed E-state index contributed by atoms with van der Waals surface area (Å²) in [5.41, 5.74) is 2.14. The highest BCUT2D eigenvalue weighted by atomic mass is 16.5. The van der Waals surface area contributed by atoms with E-state index >= 15 is 0 Å². The number of aromatic nitrogens is 2. The van der Waals surface area contributed by atoms with Crippen molar-refractivity contribution in [1.82, 2.24) is 9.55 Å². The van der Waals surface area contributed by atoms with Gasteiger partial charge in [0.1, 0.15) is 5.75 Å². The van der Waals surface area contributed by atoms with Crippen LogP contribution in [0.4, 0.5) is 0 Å². The summed E-state index contributed by atoms with van der Waals surface area (Å²) in [6, 6.07) is 5.43. The number of pyridine rings is 1. The van der Waals surface area contributed by atoms with Crippen molar-refractivity contribution in [1.29, 1.82) is 0 Å². The van der Waals surface area contributed by atoms with E-state index in [1.807, 2.05) is 23.6 Å². The van der Waals surface area contributed by atoms with Gasteiger partial charge in [-0.05, 0) is 19.1 Å². The van der Waals surface area contributed by atoms with Gasteiger partial charge < -0.3 is 14.4 Å². The number of methoxy groups -OCH3 is 1. The van der Waals surface area contributed by atoms with E-state index in [9.17, 15) is 9.90 Å². The average molecular weight is 270 g/mol. The quantitative estimate of drug-likeness (QED) is 0.727. The van der Waals surface area contributed by atoms with Gasteiger partial charge in [0.2, 0.25) is 0 Å². The molecule has 1 aromatic carbocycles. The van der Waals surface area contributed by atoms with E-state index < -0.39 is 5.97 Å². The van der Waals surface area contributed by atoms with Gasteiger partial charge in [-0.3, -0.25) is 4.98 Å². The largest absolute Gasteiger partial charge is 0.506 e. The van der Waals surface area contributed by atoms with Gasteiger partial charge in [0.15, 0.2) is 0 Å². The van der Waals surface area contributed by atoms with Gasteiger partial charge in [0, 0.05) is 11.9 Å². The second-order valence-electron chi connectivity index (χ2n) is 4.49. The molecule has 5 nitrogen and oxygen atoms in total. The first-order valence-corrected chi connectivity index (χ1v) is 6.35. The molecule has 20 heavy (non-hydrogen) atoms. The zero-order valence-electron chi connectivity index (χ0n) is 11.3. The Hall–Kier alpha value is -2.56. The number of aryl methyl sites for hydroxylation is 1. The topological polar surface area (TPSA) is 64.3 Å². The Kier molecular flexibility index (Phi) is 2.82. The highest BCUT2D eigenvalue weighted by molar-refractivity contribution is 6.18. The van der Waals surface area contributed by atoms with Gasteiger partial charge in [0.25, 0.3) is 0 Å². The van der Waals surface area contributed by atoms with Crippen LogP contribution in [0.2, 0.25) is 0 Å². The molecule has 102 valence electrons. The number of esters is 1. The van der Waals surface area contributed by atoms with E-state index in [-0.39, 0.29) is 5.75 Å². The molecule has 1 N–H and O–H groups in total. The molecule has 0 atom stereocenters. The number of hydrogen-bond donors (Lipinski definition) is 1. The number of ether oxygens (including phenoxy) is 1. The molecule has 2 heterocycles. The lowest BCUT2D eigenvalue weighted by atomic mass is 10.1. The standard InChI is InChI=1S/C15H14N2O3/c1-3-17-10-6-4-5-9(15(19)20-2)13(10)14-11(17)7-16-8-12(14)18/h4-8,18H,3H2,1-2H3. The first-order chi connectivity index (χ1) is 9.69. The summed E-state index contributed by atoms with van der Waals surface area (Å²) in [7, 11) is 1.35. The predicted molar refractivity (Wildman–Crippen MR) is 75.9 cm³/mol. The number of nitrogens with zero attached hydrogens (tertiary/aromatic N) is 2. The van der Waals surface area contributed by atoms with Gasteiger partial charge in [-0.25, -0.2) is 4.79 Å². The van der Waals surface area contributed by atoms with E-state index in [0.29, 0.717) is 16.3 Å². The molecule has 0 bridgehead atoms. The summed E-state index contributed by atoms with van der Waals surface area (Å²) in [5, 5.41) is 11.5. The van der Waals surface area contributed by atoms with Crippen LogP contribution in [-0.4, -0.2) is 27.7 Å². The normalized spacial score (nSPS) is 11.1.